The van der Waals surface area contributed by atoms with Gasteiger partial charge in [0.1, 0.15) is 0 Å². The van der Waals surface area contributed by atoms with Gasteiger partial charge < -0.3 is 15.4 Å². The summed E-state index contributed by atoms with van der Waals surface area (Å²) in [5.74, 6) is -0.371. The molecule has 0 atom stereocenters. The van der Waals surface area contributed by atoms with E-state index >= 15 is 0 Å². The predicted molar refractivity (Wildman–Crippen MR) is 121 cm³/mol. The fraction of sp³-hybridized carbons (Fsp3) is 0.300. The molecule has 31 heavy (non-hydrogen) atoms. The van der Waals surface area contributed by atoms with Gasteiger partial charge in [-0.05, 0) is 42.5 Å². The van der Waals surface area contributed by atoms with Gasteiger partial charge in [0.15, 0.2) is 0 Å². The third kappa shape index (κ3) is 6.44. The summed E-state index contributed by atoms with van der Waals surface area (Å²) >= 11 is 7.47. The molecule has 0 saturated carbocycles. The number of carbonyl (C=O) groups is 2. The zero-order valence-corrected chi connectivity index (χ0v) is 19.1. The number of hydrogen-bond acceptors (Lipinski definition) is 6. The van der Waals surface area contributed by atoms with Gasteiger partial charge in [0, 0.05) is 30.6 Å². The molecule has 2 aromatic carbocycles. The number of benzene rings is 2. The van der Waals surface area contributed by atoms with Gasteiger partial charge in [-0.1, -0.05) is 11.6 Å². The highest BCUT2D eigenvalue weighted by Gasteiger charge is 2.27. The molecule has 11 heteroatoms. The van der Waals surface area contributed by atoms with Crippen molar-refractivity contribution in [2.24, 2.45) is 0 Å². The summed E-state index contributed by atoms with van der Waals surface area (Å²) < 4.78 is 32.2. The third-order valence-electron chi connectivity index (χ3n) is 4.36. The van der Waals surface area contributed by atoms with Crippen LogP contribution in [0, 0.1) is 0 Å². The predicted octanol–water partition coefficient (Wildman–Crippen LogP) is 3.05. The van der Waals surface area contributed by atoms with E-state index < -0.39 is 10.0 Å². The number of rotatable bonds is 7. The van der Waals surface area contributed by atoms with Crippen molar-refractivity contribution in [1.82, 2.24) is 4.31 Å². The molecule has 2 N–H and O–H groups in total. The molecule has 166 valence electrons. The number of thioether (sulfide) groups is 1. The fourth-order valence-corrected chi connectivity index (χ4v) is 5.17. The first-order valence-corrected chi connectivity index (χ1v) is 12.2. The topological polar surface area (TPSA) is 105 Å². The monoisotopic (exact) mass is 483 g/mol. The Morgan fingerprint density at radius 3 is 2.42 bits per heavy atom. The Morgan fingerprint density at radius 2 is 1.77 bits per heavy atom. The second kappa shape index (κ2) is 10.5. The second-order valence-corrected chi connectivity index (χ2v) is 10.1. The number of halogens is 1. The highest BCUT2D eigenvalue weighted by Crippen LogP contribution is 2.28. The fourth-order valence-electron chi connectivity index (χ4n) is 2.87. The van der Waals surface area contributed by atoms with Crippen molar-refractivity contribution < 1.29 is 22.7 Å². The molecule has 0 aromatic heterocycles. The Morgan fingerprint density at radius 1 is 1.10 bits per heavy atom. The van der Waals surface area contributed by atoms with Crippen molar-refractivity contribution in [1.29, 1.82) is 0 Å². The molecule has 1 saturated heterocycles. The van der Waals surface area contributed by atoms with Crippen LogP contribution in [-0.2, 0) is 24.3 Å². The quantitative estimate of drug-likeness (QED) is 0.586. The normalized spacial score (nSPS) is 14.8. The molecule has 0 bridgehead atoms. The van der Waals surface area contributed by atoms with Crippen molar-refractivity contribution in [3.63, 3.8) is 0 Å². The van der Waals surface area contributed by atoms with E-state index in [9.17, 15) is 18.0 Å². The number of ether oxygens (including phenoxy) is 1. The Hall–Kier alpha value is -2.11. The van der Waals surface area contributed by atoms with Crippen LogP contribution in [0.3, 0.4) is 0 Å². The average molecular weight is 484 g/mol. The van der Waals surface area contributed by atoms with Crippen LogP contribution in [0.2, 0.25) is 5.02 Å². The molecule has 3 rings (SSSR count). The van der Waals surface area contributed by atoms with Crippen LogP contribution in [-0.4, -0.2) is 56.6 Å². The number of sulfonamides is 1. The first-order valence-electron chi connectivity index (χ1n) is 9.43. The van der Waals surface area contributed by atoms with Crippen molar-refractivity contribution in [3.05, 3.63) is 47.5 Å². The molecule has 1 aliphatic rings. The van der Waals surface area contributed by atoms with Crippen molar-refractivity contribution >= 4 is 56.6 Å². The number of nitrogens with one attached hydrogen (secondary N) is 2. The number of amides is 2. The number of morpholine rings is 1. The van der Waals surface area contributed by atoms with Crippen LogP contribution in [0.4, 0.5) is 11.4 Å². The lowest BCUT2D eigenvalue weighted by atomic mass is 10.3. The van der Waals surface area contributed by atoms with Crippen molar-refractivity contribution in [2.75, 3.05) is 42.7 Å². The lowest BCUT2D eigenvalue weighted by molar-refractivity contribution is -0.114. The molecule has 0 spiro atoms. The van der Waals surface area contributed by atoms with Crippen LogP contribution < -0.4 is 10.6 Å². The maximum absolute atomic E-state index is 12.8. The standard InChI is InChI=1S/C20H22ClN3O5S2/c1-14(25)22-15-2-4-16(5-3-15)30-13-20(26)23-19-12-17(6-7-18(19)21)31(27,28)24-8-10-29-11-9-24/h2-7,12H,8-11,13H2,1H3,(H,22,25)(H,23,26). The molecule has 2 aromatic rings. The first kappa shape index (κ1) is 23.6. The van der Waals surface area contributed by atoms with Gasteiger partial charge in [0.05, 0.1) is 34.6 Å². The summed E-state index contributed by atoms with van der Waals surface area (Å²) in [7, 11) is -3.70. The largest absolute Gasteiger partial charge is 0.379 e. The van der Waals surface area contributed by atoms with E-state index in [0.29, 0.717) is 18.9 Å². The minimum absolute atomic E-state index is 0.0651. The van der Waals surface area contributed by atoms with Crippen LogP contribution in [0.5, 0.6) is 0 Å². The van der Waals surface area contributed by atoms with E-state index in [2.05, 4.69) is 10.6 Å². The molecule has 1 heterocycles. The molecule has 1 aliphatic heterocycles. The molecular weight excluding hydrogens is 462 g/mol. The number of carbonyl (C=O) groups excluding carboxylic acids is 2. The SMILES string of the molecule is CC(=O)Nc1ccc(SCC(=O)Nc2cc(S(=O)(=O)N3CCOCC3)ccc2Cl)cc1. The average Bonchev–Trinajstić information content (AvgIpc) is 2.75. The second-order valence-electron chi connectivity index (χ2n) is 6.70. The molecule has 0 unspecified atom stereocenters. The molecular formula is C20H22ClN3O5S2. The zero-order valence-electron chi connectivity index (χ0n) is 16.8. The number of nitrogens with zero attached hydrogens (tertiary/aromatic N) is 1. The van der Waals surface area contributed by atoms with Gasteiger partial charge in [0.25, 0.3) is 0 Å². The van der Waals surface area contributed by atoms with Gasteiger partial charge in [-0.15, -0.1) is 11.8 Å². The molecule has 0 aliphatic carbocycles. The van der Waals surface area contributed by atoms with Gasteiger partial charge in [-0.2, -0.15) is 4.31 Å². The maximum atomic E-state index is 12.8. The highest BCUT2D eigenvalue weighted by molar-refractivity contribution is 8.00. The molecule has 1 fully saturated rings. The summed E-state index contributed by atoms with van der Waals surface area (Å²) in [6.45, 7) is 2.69. The zero-order chi connectivity index (χ0) is 22.4. The van der Waals surface area contributed by atoms with E-state index in [1.807, 2.05) is 0 Å². The summed E-state index contributed by atoms with van der Waals surface area (Å²) in [5.41, 5.74) is 0.911. The van der Waals surface area contributed by atoms with Crippen LogP contribution in [0.1, 0.15) is 6.92 Å². The molecule has 8 nitrogen and oxygen atoms in total. The van der Waals surface area contributed by atoms with Gasteiger partial charge in [-0.3, -0.25) is 9.59 Å². The van der Waals surface area contributed by atoms with E-state index in [1.165, 1.54) is 41.2 Å². The minimum atomic E-state index is -3.70. The Bertz CT molecular complexity index is 1050. The lowest BCUT2D eigenvalue weighted by Crippen LogP contribution is -2.40. The molecule has 0 radical (unpaired) electrons. The van der Waals surface area contributed by atoms with Gasteiger partial charge in [-0.25, -0.2) is 8.42 Å². The van der Waals surface area contributed by atoms with Crippen LogP contribution >= 0.6 is 23.4 Å². The summed E-state index contributed by atoms with van der Waals surface area (Å²) in [6.07, 6.45) is 0. The van der Waals surface area contributed by atoms with Crippen molar-refractivity contribution in [3.8, 4) is 0 Å². The van der Waals surface area contributed by atoms with Gasteiger partial charge in [0.2, 0.25) is 21.8 Å². The minimum Gasteiger partial charge on any atom is -0.379 e. The van der Waals surface area contributed by atoms with E-state index in [4.69, 9.17) is 16.3 Å². The smallest absolute Gasteiger partial charge is 0.243 e. The highest BCUT2D eigenvalue weighted by atomic mass is 35.5. The summed E-state index contributed by atoms with van der Waals surface area (Å²) in [4.78, 5) is 24.4. The summed E-state index contributed by atoms with van der Waals surface area (Å²) in [6, 6.07) is 11.3. The van der Waals surface area contributed by atoms with Crippen LogP contribution in [0.15, 0.2) is 52.3 Å². The Balaban J connectivity index is 1.63. The molecule has 2 amide bonds. The maximum Gasteiger partial charge on any atom is 0.243 e. The first-order chi connectivity index (χ1) is 14.8. The van der Waals surface area contributed by atoms with E-state index in [-0.39, 0.29) is 46.3 Å². The number of anilines is 2. The van der Waals surface area contributed by atoms with E-state index in [0.717, 1.165) is 4.90 Å². The Labute approximate surface area is 190 Å². The number of hydrogen-bond donors (Lipinski definition) is 2. The van der Waals surface area contributed by atoms with E-state index in [1.54, 1.807) is 24.3 Å². The summed E-state index contributed by atoms with van der Waals surface area (Å²) in [5, 5.41) is 5.60. The third-order valence-corrected chi connectivity index (χ3v) is 7.60. The van der Waals surface area contributed by atoms with Crippen LogP contribution in [0.25, 0.3) is 0 Å². The lowest BCUT2D eigenvalue weighted by Gasteiger charge is -2.26. The van der Waals surface area contributed by atoms with Crippen molar-refractivity contribution in [2.45, 2.75) is 16.7 Å². The Kier molecular flexibility index (Phi) is 7.95. The van der Waals surface area contributed by atoms with Gasteiger partial charge >= 0.3 is 0 Å².